The second-order valence-electron chi connectivity index (χ2n) is 2.10. The van der Waals surface area contributed by atoms with Gasteiger partial charge in [0.1, 0.15) is 0 Å². The molecule has 1 heterocycles. The summed E-state index contributed by atoms with van der Waals surface area (Å²) in [6.45, 7) is 6.42. The van der Waals surface area contributed by atoms with Crippen molar-refractivity contribution in [3.8, 4) is 12.8 Å². The first-order valence-electron chi connectivity index (χ1n) is 3.47. The summed E-state index contributed by atoms with van der Waals surface area (Å²) in [5.74, 6) is 0. The van der Waals surface area contributed by atoms with Gasteiger partial charge in [-0.25, -0.2) is 0 Å². The minimum absolute atomic E-state index is 0.169. The summed E-state index contributed by atoms with van der Waals surface area (Å²) in [6.07, 6.45) is 2.64. The molecule has 1 unspecified atom stereocenters. The van der Waals surface area contributed by atoms with Gasteiger partial charge in [0.15, 0.2) is 0 Å². The first-order chi connectivity index (χ1) is 5.93. The van der Waals surface area contributed by atoms with Gasteiger partial charge in [-0.05, 0) is 4.85 Å². The second kappa shape index (κ2) is 5.33. The van der Waals surface area contributed by atoms with Crippen LogP contribution in [0.25, 0.3) is 9.69 Å². The third-order valence-electron chi connectivity index (χ3n) is 1.11. The number of hydrogen-bond acceptors (Lipinski definition) is 4. The molecule has 0 aromatic carbocycles. The normalized spacial score (nSPS) is 18.8. The summed E-state index contributed by atoms with van der Waals surface area (Å²) in [6, 6.07) is 0. The zero-order valence-corrected chi connectivity index (χ0v) is 6.49. The summed E-state index contributed by atoms with van der Waals surface area (Å²) in [5.41, 5.74) is 4.91. The number of hydroxylamine groups is 2. The van der Waals surface area contributed by atoms with Crippen LogP contribution in [0.1, 0.15) is 0 Å². The third kappa shape index (κ3) is 4.47. The van der Waals surface area contributed by atoms with Crippen molar-refractivity contribution in [1.82, 2.24) is 11.0 Å². The molecule has 1 saturated heterocycles. The van der Waals surface area contributed by atoms with E-state index in [1.54, 1.807) is 0 Å². The third-order valence-corrected chi connectivity index (χ3v) is 1.11. The van der Waals surface area contributed by atoms with Crippen LogP contribution >= 0.6 is 0 Å². The second-order valence-corrected chi connectivity index (χ2v) is 2.10. The molecule has 0 aromatic rings. The predicted molar refractivity (Wildman–Crippen MR) is 42.4 cm³/mol. The molecule has 0 bridgehead atoms. The van der Waals surface area contributed by atoms with Crippen LogP contribution in [0.4, 0.5) is 0 Å². The molecule has 1 fully saturated rings. The lowest BCUT2D eigenvalue weighted by molar-refractivity contribution is -0.0115. The molecule has 64 valence electrons. The SMILES string of the molecule is C#[N+]C[N+]#CNONCC1CO1. The van der Waals surface area contributed by atoms with E-state index in [0.717, 1.165) is 6.61 Å². The van der Waals surface area contributed by atoms with Crippen LogP contribution in [0, 0.1) is 12.8 Å². The fourth-order valence-electron chi connectivity index (χ4n) is 0.488. The van der Waals surface area contributed by atoms with Crippen molar-refractivity contribution in [2.24, 2.45) is 0 Å². The Bertz CT molecular complexity index is 222. The van der Waals surface area contributed by atoms with E-state index in [4.69, 9.17) is 11.3 Å². The van der Waals surface area contributed by atoms with E-state index in [2.05, 4.69) is 31.8 Å². The Balaban J connectivity index is 1.82. The Hall–Kier alpha value is -1.34. The highest BCUT2D eigenvalue weighted by Gasteiger charge is 2.21. The molecule has 1 aliphatic heterocycles. The van der Waals surface area contributed by atoms with Gasteiger partial charge in [0.05, 0.1) is 19.3 Å². The molecule has 6 nitrogen and oxygen atoms in total. The van der Waals surface area contributed by atoms with Gasteiger partial charge < -0.3 is 4.74 Å². The molecule has 2 N–H and O–H groups in total. The van der Waals surface area contributed by atoms with Gasteiger partial charge in [-0.3, -0.25) is 0 Å². The van der Waals surface area contributed by atoms with Crippen LogP contribution in [0.3, 0.4) is 0 Å². The lowest BCUT2D eigenvalue weighted by Gasteiger charge is -1.91. The van der Waals surface area contributed by atoms with E-state index >= 15 is 0 Å². The smallest absolute Gasteiger partial charge is 0.372 e. The first-order valence-corrected chi connectivity index (χ1v) is 3.47. The van der Waals surface area contributed by atoms with Crippen LogP contribution in [-0.4, -0.2) is 25.9 Å². The minimum Gasteiger partial charge on any atom is -0.372 e. The molecule has 0 saturated carbocycles. The summed E-state index contributed by atoms with van der Waals surface area (Å²) < 4.78 is 4.91. The molecular formula is C6H10N4O2+2. The Kier molecular flexibility index (Phi) is 3.89. The highest BCUT2D eigenvalue weighted by molar-refractivity contribution is 4.84. The molecule has 1 rings (SSSR count). The fraction of sp³-hybridized carbons (Fsp3) is 0.667. The van der Waals surface area contributed by atoms with E-state index in [9.17, 15) is 0 Å². The van der Waals surface area contributed by atoms with Gasteiger partial charge in [-0.2, -0.15) is 5.48 Å². The lowest BCUT2D eigenvalue weighted by Crippen LogP contribution is -2.25. The van der Waals surface area contributed by atoms with Crippen LogP contribution in [0.2, 0.25) is 0 Å². The predicted octanol–water partition coefficient (Wildman–Crippen LogP) is -0.378. The number of hydrogen-bond donors (Lipinski definition) is 2. The van der Waals surface area contributed by atoms with Crippen molar-refractivity contribution in [3.63, 3.8) is 0 Å². The Morgan fingerprint density at radius 3 is 3.25 bits per heavy atom. The standard InChI is InChI=1S/C6H9N4O2/c1-7-4-8-5-10-12-9-2-6-3-11-6/h1,6,9H,2-4H2/q+1/p+1. The minimum atomic E-state index is 0.169. The maximum Gasteiger partial charge on any atom is 0.478 e. The van der Waals surface area contributed by atoms with Crippen molar-refractivity contribution < 1.29 is 9.68 Å². The maximum atomic E-state index is 4.91. The monoisotopic (exact) mass is 170 g/mol. The number of ether oxygens (including phenoxy) is 1. The topological polar surface area (TPSA) is 54.5 Å². The van der Waals surface area contributed by atoms with Crippen molar-refractivity contribution >= 4 is 0 Å². The molecule has 6 heteroatoms. The van der Waals surface area contributed by atoms with Gasteiger partial charge in [-0.1, -0.05) is 10.4 Å². The van der Waals surface area contributed by atoms with E-state index < -0.39 is 0 Å². The van der Waals surface area contributed by atoms with E-state index in [1.807, 2.05) is 0 Å². The number of nitrogens with zero attached hydrogens (tertiary/aromatic N) is 2. The molecule has 0 aromatic heterocycles. The molecule has 0 radical (unpaired) electrons. The van der Waals surface area contributed by atoms with E-state index in [1.165, 1.54) is 0 Å². The summed E-state index contributed by atoms with van der Waals surface area (Å²) in [5, 5.41) is 0. The highest BCUT2D eigenvalue weighted by Crippen LogP contribution is 2.05. The molecule has 0 aliphatic carbocycles. The summed E-state index contributed by atoms with van der Waals surface area (Å²) >= 11 is 0. The Labute approximate surface area is 70.0 Å². The van der Waals surface area contributed by atoms with Crippen molar-refractivity contribution in [2.45, 2.75) is 6.10 Å². The quantitative estimate of drug-likeness (QED) is 0.198. The van der Waals surface area contributed by atoms with E-state index in [-0.39, 0.29) is 12.8 Å². The largest absolute Gasteiger partial charge is 0.478 e. The highest BCUT2D eigenvalue weighted by atomic mass is 16.8. The molecular weight excluding hydrogens is 160 g/mol. The first kappa shape index (κ1) is 8.75. The van der Waals surface area contributed by atoms with Crippen molar-refractivity contribution in [3.05, 3.63) is 9.69 Å². The molecule has 1 atom stereocenters. The van der Waals surface area contributed by atoms with Crippen molar-refractivity contribution in [1.29, 1.82) is 0 Å². The lowest BCUT2D eigenvalue weighted by atomic mass is 10.5. The van der Waals surface area contributed by atoms with Crippen LogP contribution in [0.5, 0.6) is 0 Å². The molecule has 0 amide bonds. The van der Waals surface area contributed by atoms with Crippen LogP contribution < -0.4 is 11.0 Å². The van der Waals surface area contributed by atoms with Gasteiger partial charge >= 0.3 is 12.9 Å². The van der Waals surface area contributed by atoms with Crippen LogP contribution in [-0.2, 0) is 9.68 Å². The number of epoxide rings is 1. The maximum absolute atomic E-state index is 4.91. The van der Waals surface area contributed by atoms with E-state index in [0.29, 0.717) is 6.54 Å². The Morgan fingerprint density at radius 1 is 1.75 bits per heavy atom. The van der Waals surface area contributed by atoms with Crippen molar-refractivity contribution in [2.75, 3.05) is 19.8 Å². The summed E-state index contributed by atoms with van der Waals surface area (Å²) in [4.78, 5) is 11.5. The molecule has 0 spiro atoms. The average molecular weight is 170 g/mol. The number of rotatable bonds is 4. The van der Waals surface area contributed by atoms with Gasteiger partial charge in [0, 0.05) is 0 Å². The molecule has 1 aliphatic rings. The zero-order chi connectivity index (χ0) is 8.65. The van der Waals surface area contributed by atoms with Gasteiger partial charge in [0.2, 0.25) is 0 Å². The fourth-order valence-corrected chi connectivity index (χ4v) is 0.488. The Morgan fingerprint density at radius 2 is 2.58 bits per heavy atom. The zero-order valence-electron chi connectivity index (χ0n) is 6.49. The van der Waals surface area contributed by atoms with Crippen LogP contribution in [0.15, 0.2) is 0 Å². The van der Waals surface area contributed by atoms with Gasteiger partial charge in [0.25, 0.3) is 6.57 Å². The summed E-state index contributed by atoms with van der Waals surface area (Å²) in [7, 11) is 0. The molecule has 12 heavy (non-hydrogen) atoms. The average Bonchev–Trinajstić information content (AvgIpc) is 2.87. The number of nitrogens with one attached hydrogen (secondary N) is 2. The van der Waals surface area contributed by atoms with Gasteiger partial charge in [-0.15, -0.1) is 4.85 Å².